The van der Waals surface area contributed by atoms with Crippen LogP contribution in [-0.2, 0) is 6.42 Å². The van der Waals surface area contributed by atoms with Crippen molar-refractivity contribution in [2.45, 2.75) is 19.4 Å². The minimum Gasteiger partial charge on any atom is -0.279 e. The van der Waals surface area contributed by atoms with Gasteiger partial charge in [0, 0.05) is 5.75 Å². The number of aliphatic imine (C=N–C) groups is 1. The van der Waals surface area contributed by atoms with Crippen LogP contribution in [0, 0.1) is 0 Å². The lowest BCUT2D eigenvalue weighted by atomic mass is 10.1. The predicted molar refractivity (Wildman–Crippen MR) is 59.5 cm³/mol. The molecular weight excluding hydrogens is 178 g/mol. The van der Waals surface area contributed by atoms with E-state index in [1.165, 1.54) is 10.6 Å². The van der Waals surface area contributed by atoms with Crippen molar-refractivity contribution < 1.29 is 0 Å². The molecule has 0 fully saturated rings. The summed E-state index contributed by atoms with van der Waals surface area (Å²) in [7, 11) is 0. The van der Waals surface area contributed by atoms with E-state index in [1.807, 2.05) is 11.8 Å². The van der Waals surface area contributed by atoms with Gasteiger partial charge in [-0.25, -0.2) is 0 Å². The smallest absolute Gasteiger partial charge is 0.0649 e. The molecule has 0 bridgehead atoms. The van der Waals surface area contributed by atoms with Crippen LogP contribution < -0.4 is 0 Å². The van der Waals surface area contributed by atoms with Crippen LogP contribution in [0.1, 0.15) is 12.5 Å². The lowest BCUT2D eigenvalue weighted by Gasteiger charge is -2.04. The number of thioether (sulfide) groups is 1. The molecule has 0 aromatic heterocycles. The molecule has 0 spiro atoms. The maximum Gasteiger partial charge on any atom is 0.0649 e. The maximum atomic E-state index is 4.56. The average molecular weight is 191 g/mol. The molecule has 1 nitrogen and oxygen atoms in total. The van der Waals surface area contributed by atoms with Crippen molar-refractivity contribution in [2.75, 3.05) is 5.75 Å². The third-order valence-corrected chi connectivity index (χ3v) is 3.24. The van der Waals surface area contributed by atoms with Crippen LogP contribution in [0.3, 0.4) is 0 Å². The molecule has 68 valence electrons. The standard InChI is InChI=1S/C11H13NS/c1-9-12-11(8-13-9)7-10-5-3-2-4-6-10/h2-6,11H,7-8H2,1H3. The van der Waals surface area contributed by atoms with Crippen molar-refractivity contribution in [3.05, 3.63) is 35.9 Å². The minimum atomic E-state index is 0.507. The highest BCUT2D eigenvalue weighted by atomic mass is 32.2. The highest BCUT2D eigenvalue weighted by Crippen LogP contribution is 2.20. The van der Waals surface area contributed by atoms with Crippen molar-refractivity contribution in [3.8, 4) is 0 Å². The van der Waals surface area contributed by atoms with Gasteiger partial charge in [-0.2, -0.15) is 0 Å². The van der Waals surface area contributed by atoms with Crippen LogP contribution in [0.15, 0.2) is 35.3 Å². The van der Waals surface area contributed by atoms with E-state index in [-0.39, 0.29) is 0 Å². The lowest BCUT2D eigenvalue weighted by Crippen LogP contribution is -2.07. The van der Waals surface area contributed by atoms with Gasteiger partial charge in [-0.3, -0.25) is 4.99 Å². The normalized spacial score (nSPS) is 21.6. The highest BCUT2D eigenvalue weighted by molar-refractivity contribution is 8.14. The summed E-state index contributed by atoms with van der Waals surface area (Å²) in [5, 5.41) is 1.24. The molecule has 1 unspecified atom stereocenters. The van der Waals surface area contributed by atoms with Crippen LogP contribution in [0.4, 0.5) is 0 Å². The maximum absolute atomic E-state index is 4.56. The van der Waals surface area contributed by atoms with E-state index in [9.17, 15) is 0 Å². The number of hydrogen-bond donors (Lipinski definition) is 0. The van der Waals surface area contributed by atoms with Crippen molar-refractivity contribution in [1.82, 2.24) is 0 Å². The molecule has 0 saturated heterocycles. The van der Waals surface area contributed by atoms with Gasteiger partial charge in [0.15, 0.2) is 0 Å². The largest absolute Gasteiger partial charge is 0.279 e. The van der Waals surface area contributed by atoms with Gasteiger partial charge in [0.2, 0.25) is 0 Å². The summed E-state index contributed by atoms with van der Waals surface area (Å²) in [5.41, 5.74) is 1.39. The topological polar surface area (TPSA) is 12.4 Å². The monoisotopic (exact) mass is 191 g/mol. The fourth-order valence-corrected chi connectivity index (χ4v) is 2.39. The first-order valence-electron chi connectivity index (χ1n) is 4.56. The fraction of sp³-hybridized carbons (Fsp3) is 0.364. The first-order valence-corrected chi connectivity index (χ1v) is 5.54. The van der Waals surface area contributed by atoms with Crippen LogP contribution in [-0.4, -0.2) is 16.8 Å². The Morgan fingerprint density at radius 3 is 2.77 bits per heavy atom. The van der Waals surface area contributed by atoms with Crippen LogP contribution >= 0.6 is 11.8 Å². The Hall–Kier alpha value is -0.760. The summed E-state index contributed by atoms with van der Waals surface area (Å²) in [6.07, 6.45) is 1.09. The zero-order valence-electron chi connectivity index (χ0n) is 7.73. The van der Waals surface area contributed by atoms with E-state index in [0.29, 0.717) is 6.04 Å². The third-order valence-electron chi connectivity index (χ3n) is 2.16. The van der Waals surface area contributed by atoms with Gasteiger partial charge in [-0.1, -0.05) is 30.3 Å². The quantitative estimate of drug-likeness (QED) is 0.700. The molecule has 0 N–H and O–H groups in total. The van der Waals surface area contributed by atoms with Gasteiger partial charge in [-0.05, 0) is 18.9 Å². The summed E-state index contributed by atoms with van der Waals surface area (Å²) in [5.74, 6) is 1.15. The Balaban J connectivity index is 2.00. The van der Waals surface area contributed by atoms with Gasteiger partial charge in [-0.15, -0.1) is 11.8 Å². The van der Waals surface area contributed by atoms with Crippen LogP contribution in [0.25, 0.3) is 0 Å². The molecule has 1 aromatic rings. The Morgan fingerprint density at radius 1 is 1.38 bits per heavy atom. The fourth-order valence-electron chi connectivity index (χ4n) is 1.54. The molecule has 2 rings (SSSR count). The van der Waals surface area contributed by atoms with Gasteiger partial charge >= 0.3 is 0 Å². The number of nitrogens with zero attached hydrogens (tertiary/aromatic N) is 1. The van der Waals surface area contributed by atoms with E-state index in [4.69, 9.17) is 0 Å². The first kappa shape index (κ1) is 8.82. The molecule has 1 aromatic carbocycles. The molecular formula is C11H13NS. The van der Waals surface area contributed by atoms with E-state index in [0.717, 1.165) is 12.2 Å². The number of hydrogen-bond acceptors (Lipinski definition) is 2. The molecule has 1 aliphatic rings. The van der Waals surface area contributed by atoms with Gasteiger partial charge < -0.3 is 0 Å². The van der Waals surface area contributed by atoms with Gasteiger partial charge in [0.25, 0.3) is 0 Å². The van der Waals surface area contributed by atoms with Gasteiger partial charge in [0.1, 0.15) is 0 Å². The van der Waals surface area contributed by atoms with Crippen molar-refractivity contribution in [3.63, 3.8) is 0 Å². The van der Waals surface area contributed by atoms with Crippen LogP contribution in [0.5, 0.6) is 0 Å². The number of rotatable bonds is 2. The van der Waals surface area contributed by atoms with E-state index >= 15 is 0 Å². The molecule has 13 heavy (non-hydrogen) atoms. The molecule has 0 radical (unpaired) electrons. The molecule has 0 aliphatic carbocycles. The Morgan fingerprint density at radius 2 is 2.15 bits per heavy atom. The second-order valence-electron chi connectivity index (χ2n) is 3.30. The first-order chi connectivity index (χ1) is 6.34. The molecule has 1 heterocycles. The van der Waals surface area contributed by atoms with E-state index in [1.54, 1.807) is 0 Å². The molecule has 2 heteroatoms. The van der Waals surface area contributed by atoms with E-state index in [2.05, 4.69) is 42.2 Å². The Kier molecular flexibility index (Phi) is 2.69. The second kappa shape index (κ2) is 3.97. The molecule has 1 aliphatic heterocycles. The van der Waals surface area contributed by atoms with Gasteiger partial charge in [0.05, 0.1) is 11.1 Å². The molecule has 1 atom stereocenters. The summed E-state index contributed by atoms with van der Waals surface area (Å²) >= 11 is 1.87. The van der Waals surface area contributed by atoms with Crippen molar-refractivity contribution in [1.29, 1.82) is 0 Å². The summed E-state index contributed by atoms with van der Waals surface area (Å²) in [6.45, 7) is 2.09. The molecule has 0 saturated carbocycles. The second-order valence-corrected chi connectivity index (χ2v) is 4.52. The third kappa shape index (κ3) is 2.34. The minimum absolute atomic E-state index is 0.507. The Labute approximate surface area is 83.3 Å². The van der Waals surface area contributed by atoms with Crippen molar-refractivity contribution in [2.24, 2.45) is 4.99 Å². The predicted octanol–water partition coefficient (Wildman–Crippen LogP) is 2.76. The van der Waals surface area contributed by atoms with Crippen LogP contribution in [0.2, 0.25) is 0 Å². The SMILES string of the molecule is CC1=NC(Cc2ccccc2)CS1. The van der Waals surface area contributed by atoms with E-state index < -0.39 is 0 Å². The van der Waals surface area contributed by atoms with Crippen molar-refractivity contribution >= 4 is 16.8 Å². The summed E-state index contributed by atoms with van der Waals surface area (Å²) in [4.78, 5) is 4.56. The summed E-state index contributed by atoms with van der Waals surface area (Å²) in [6, 6.07) is 11.1. The summed E-state index contributed by atoms with van der Waals surface area (Å²) < 4.78 is 0. The zero-order chi connectivity index (χ0) is 9.10. The molecule has 0 amide bonds. The lowest BCUT2D eigenvalue weighted by molar-refractivity contribution is 0.762. The number of benzene rings is 1. The Bertz CT molecular complexity index is 305. The zero-order valence-corrected chi connectivity index (χ0v) is 8.55. The highest BCUT2D eigenvalue weighted by Gasteiger charge is 2.14. The average Bonchev–Trinajstić information content (AvgIpc) is 2.53.